The number of benzene rings is 2. The number of esters is 1. The number of carbonyl (C=O) groups is 2. The van der Waals surface area contributed by atoms with Gasteiger partial charge in [0.2, 0.25) is 5.88 Å². The highest BCUT2D eigenvalue weighted by molar-refractivity contribution is 5.88. The average Bonchev–Trinajstić information content (AvgIpc) is 3.24. The van der Waals surface area contributed by atoms with Crippen LogP contribution in [0.4, 0.5) is 4.79 Å². The highest BCUT2D eigenvalue weighted by Crippen LogP contribution is 2.20. The van der Waals surface area contributed by atoms with Crippen LogP contribution in [-0.2, 0) is 22.7 Å². The Bertz CT molecular complexity index is 1070. The number of amides is 1. The van der Waals surface area contributed by atoms with Gasteiger partial charge in [-0.05, 0) is 38.8 Å². The van der Waals surface area contributed by atoms with Crippen molar-refractivity contribution in [2.24, 2.45) is 0 Å². The SMILES string of the molecule is CC(CNC(=O)OC(C)(C)C)n1nc(OCc2ccccc2)cc1C(=O)OCc1ccccc1. The minimum Gasteiger partial charge on any atom is -0.472 e. The van der Waals surface area contributed by atoms with Gasteiger partial charge in [-0.2, -0.15) is 0 Å². The molecule has 1 heterocycles. The van der Waals surface area contributed by atoms with Crippen LogP contribution in [0.15, 0.2) is 66.7 Å². The van der Waals surface area contributed by atoms with E-state index in [0.717, 1.165) is 11.1 Å². The van der Waals surface area contributed by atoms with E-state index in [1.54, 1.807) is 26.8 Å². The van der Waals surface area contributed by atoms with Gasteiger partial charge in [0, 0.05) is 12.6 Å². The molecule has 0 aliphatic heterocycles. The molecule has 3 rings (SSSR count). The molecule has 1 unspecified atom stereocenters. The van der Waals surface area contributed by atoms with Gasteiger partial charge in [0.25, 0.3) is 0 Å². The maximum atomic E-state index is 12.9. The van der Waals surface area contributed by atoms with Crippen molar-refractivity contribution in [3.63, 3.8) is 0 Å². The Morgan fingerprint density at radius 1 is 0.971 bits per heavy atom. The summed E-state index contributed by atoms with van der Waals surface area (Å²) in [4.78, 5) is 25.0. The van der Waals surface area contributed by atoms with Crippen molar-refractivity contribution in [3.05, 3.63) is 83.6 Å². The first-order chi connectivity index (χ1) is 16.2. The number of hydrogen-bond donors (Lipinski definition) is 1. The third-order valence-electron chi connectivity index (χ3n) is 4.72. The lowest BCUT2D eigenvalue weighted by atomic mass is 10.2. The Hall–Kier alpha value is -3.81. The molecule has 0 radical (unpaired) electrons. The Kier molecular flexibility index (Phi) is 8.29. The van der Waals surface area contributed by atoms with Crippen LogP contribution in [0.1, 0.15) is 55.4 Å². The molecule has 1 atom stereocenters. The average molecular weight is 466 g/mol. The molecule has 0 saturated heterocycles. The summed E-state index contributed by atoms with van der Waals surface area (Å²) in [5.41, 5.74) is 1.48. The van der Waals surface area contributed by atoms with E-state index in [2.05, 4.69) is 10.4 Å². The van der Waals surface area contributed by atoms with Gasteiger partial charge in [-0.15, -0.1) is 5.10 Å². The molecule has 8 nitrogen and oxygen atoms in total. The monoisotopic (exact) mass is 465 g/mol. The number of rotatable bonds is 9. The molecule has 0 fully saturated rings. The summed E-state index contributed by atoms with van der Waals surface area (Å²) in [5.74, 6) is -0.241. The molecule has 1 aromatic heterocycles. The maximum Gasteiger partial charge on any atom is 0.407 e. The fourth-order valence-electron chi connectivity index (χ4n) is 3.09. The van der Waals surface area contributed by atoms with Gasteiger partial charge in [0.05, 0.1) is 6.04 Å². The van der Waals surface area contributed by atoms with E-state index in [1.807, 2.05) is 67.6 Å². The number of nitrogens with zero attached hydrogens (tertiary/aromatic N) is 2. The molecule has 180 valence electrons. The Labute approximate surface area is 199 Å². The third kappa shape index (κ3) is 7.65. The first-order valence-corrected chi connectivity index (χ1v) is 11.2. The molecular formula is C26H31N3O5. The smallest absolute Gasteiger partial charge is 0.407 e. The Balaban J connectivity index is 1.72. The molecule has 3 aromatic rings. The molecule has 8 heteroatoms. The lowest BCUT2D eigenvalue weighted by Gasteiger charge is -2.21. The standard InChI is InChI=1S/C26H31N3O5/c1-19(16-27-25(31)34-26(2,3)4)29-22(24(30)33-18-21-13-9-6-10-14-21)15-23(28-29)32-17-20-11-7-5-8-12-20/h5-15,19H,16-18H2,1-4H3,(H,27,31). The van der Waals surface area contributed by atoms with E-state index >= 15 is 0 Å². The fourth-order valence-corrected chi connectivity index (χ4v) is 3.09. The number of alkyl carbamates (subject to hydrolysis) is 1. The summed E-state index contributed by atoms with van der Waals surface area (Å²) in [6.07, 6.45) is -0.541. The molecule has 0 aliphatic rings. The quantitative estimate of drug-likeness (QED) is 0.452. The highest BCUT2D eigenvalue weighted by Gasteiger charge is 2.23. The highest BCUT2D eigenvalue weighted by atomic mass is 16.6. The van der Waals surface area contributed by atoms with E-state index in [-0.39, 0.29) is 24.9 Å². The second-order valence-electron chi connectivity index (χ2n) is 8.88. The first-order valence-electron chi connectivity index (χ1n) is 11.2. The van der Waals surface area contributed by atoms with Crippen molar-refractivity contribution >= 4 is 12.1 Å². The number of carbonyl (C=O) groups excluding carboxylic acids is 2. The topological polar surface area (TPSA) is 91.7 Å². The normalized spacial score (nSPS) is 12.0. The zero-order valence-electron chi connectivity index (χ0n) is 20.0. The van der Waals surface area contributed by atoms with E-state index in [9.17, 15) is 9.59 Å². The van der Waals surface area contributed by atoms with E-state index < -0.39 is 17.7 Å². The lowest BCUT2D eigenvalue weighted by molar-refractivity contribution is 0.0455. The second-order valence-corrected chi connectivity index (χ2v) is 8.88. The largest absolute Gasteiger partial charge is 0.472 e. The van der Waals surface area contributed by atoms with Gasteiger partial charge >= 0.3 is 12.1 Å². The van der Waals surface area contributed by atoms with E-state index in [0.29, 0.717) is 12.5 Å². The van der Waals surface area contributed by atoms with Gasteiger partial charge in [-0.3, -0.25) is 0 Å². The summed E-state index contributed by atoms with van der Waals surface area (Å²) in [6.45, 7) is 7.85. The molecule has 0 saturated carbocycles. The second kappa shape index (κ2) is 11.4. The molecule has 0 spiro atoms. The van der Waals surface area contributed by atoms with Crippen LogP contribution in [0, 0.1) is 0 Å². The van der Waals surface area contributed by atoms with Crippen LogP contribution < -0.4 is 10.1 Å². The van der Waals surface area contributed by atoms with E-state index in [1.165, 1.54) is 4.68 Å². The minimum absolute atomic E-state index is 0.135. The van der Waals surface area contributed by atoms with Crippen LogP contribution in [0.2, 0.25) is 0 Å². The molecule has 2 aromatic carbocycles. The van der Waals surface area contributed by atoms with E-state index in [4.69, 9.17) is 14.2 Å². The molecule has 1 N–H and O–H groups in total. The molecular weight excluding hydrogens is 434 g/mol. The van der Waals surface area contributed by atoms with Crippen molar-refractivity contribution in [1.82, 2.24) is 15.1 Å². The van der Waals surface area contributed by atoms with Crippen LogP contribution in [0.5, 0.6) is 5.88 Å². The van der Waals surface area contributed by atoms with Crippen molar-refractivity contribution in [1.29, 1.82) is 0 Å². The zero-order chi connectivity index (χ0) is 24.6. The number of ether oxygens (including phenoxy) is 3. The van der Waals surface area contributed by atoms with Crippen molar-refractivity contribution in [2.45, 2.75) is 52.6 Å². The Morgan fingerprint density at radius 2 is 1.56 bits per heavy atom. The predicted octanol–water partition coefficient (Wildman–Crippen LogP) is 4.90. The molecule has 34 heavy (non-hydrogen) atoms. The van der Waals surface area contributed by atoms with Gasteiger partial charge in [-0.1, -0.05) is 60.7 Å². The van der Waals surface area contributed by atoms with Crippen LogP contribution in [-0.4, -0.2) is 34.0 Å². The summed E-state index contributed by atoms with van der Waals surface area (Å²) < 4.78 is 18.1. The maximum absolute atomic E-state index is 12.9. The predicted molar refractivity (Wildman–Crippen MR) is 128 cm³/mol. The lowest BCUT2D eigenvalue weighted by Crippen LogP contribution is -2.36. The van der Waals surface area contributed by atoms with Gasteiger partial charge in [-0.25, -0.2) is 14.3 Å². The summed E-state index contributed by atoms with van der Waals surface area (Å²) in [6, 6.07) is 20.3. The fraction of sp³-hybridized carbons (Fsp3) is 0.346. The van der Waals surface area contributed by atoms with Gasteiger partial charge in [0.15, 0.2) is 5.69 Å². The van der Waals surface area contributed by atoms with Gasteiger partial charge < -0.3 is 19.5 Å². The van der Waals surface area contributed by atoms with Crippen molar-refractivity contribution in [2.75, 3.05) is 6.54 Å². The Morgan fingerprint density at radius 3 is 2.15 bits per heavy atom. The number of nitrogens with one attached hydrogen (secondary N) is 1. The summed E-state index contributed by atoms with van der Waals surface area (Å²) >= 11 is 0. The van der Waals surface area contributed by atoms with Crippen molar-refractivity contribution in [3.8, 4) is 5.88 Å². The van der Waals surface area contributed by atoms with Crippen LogP contribution in [0.3, 0.4) is 0 Å². The van der Waals surface area contributed by atoms with Crippen LogP contribution >= 0.6 is 0 Å². The number of aromatic nitrogens is 2. The molecule has 1 amide bonds. The summed E-state index contributed by atoms with van der Waals surface area (Å²) in [7, 11) is 0. The van der Waals surface area contributed by atoms with Crippen molar-refractivity contribution < 1.29 is 23.8 Å². The minimum atomic E-state index is -0.607. The first kappa shape index (κ1) is 24.8. The molecule has 0 aliphatic carbocycles. The molecule has 0 bridgehead atoms. The van der Waals surface area contributed by atoms with Crippen LogP contribution in [0.25, 0.3) is 0 Å². The third-order valence-corrected chi connectivity index (χ3v) is 4.72. The van der Waals surface area contributed by atoms with Gasteiger partial charge in [0.1, 0.15) is 18.8 Å². The number of hydrogen-bond acceptors (Lipinski definition) is 6. The summed E-state index contributed by atoms with van der Waals surface area (Å²) in [5, 5.41) is 7.17. The zero-order valence-corrected chi connectivity index (χ0v) is 20.0.